The third-order valence-electron chi connectivity index (χ3n) is 3.34. The first-order chi connectivity index (χ1) is 12.3. The molecule has 1 amide bonds. The molecule has 0 atom stereocenters. The molecule has 0 heterocycles. The van der Waals surface area contributed by atoms with E-state index in [1.165, 1.54) is 31.4 Å². The molecule has 2 aromatic carbocycles. The lowest BCUT2D eigenvalue weighted by molar-refractivity contribution is -0.137. The fourth-order valence-corrected chi connectivity index (χ4v) is 2.10. The Kier molecular flexibility index (Phi) is 5.33. The molecule has 0 spiro atoms. The zero-order chi connectivity index (χ0) is 19.3. The molecule has 0 radical (unpaired) electrons. The second-order valence-electron chi connectivity index (χ2n) is 4.98. The average Bonchev–Trinajstić information content (AvgIpc) is 2.64. The van der Waals surface area contributed by atoms with Crippen LogP contribution < -0.4 is 15.6 Å². The van der Waals surface area contributed by atoms with Gasteiger partial charge in [-0.1, -0.05) is 0 Å². The molecular weight excluding hydrogens is 349 g/mol. The largest absolute Gasteiger partial charge is 0.496 e. The number of carbonyl (C=O) groups is 1. The lowest BCUT2D eigenvalue weighted by Gasteiger charge is -2.16. The first-order valence-electron chi connectivity index (χ1n) is 7.06. The van der Waals surface area contributed by atoms with Crippen LogP contribution in [0.25, 0.3) is 0 Å². The first kappa shape index (κ1) is 18.6. The molecule has 0 aliphatic rings. The van der Waals surface area contributed by atoms with Crippen LogP contribution in [0.2, 0.25) is 0 Å². The van der Waals surface area contributed by atoms with Gasteiger partial charge < -0.3 is 4.74 Å². The Labute approximate surface area is 146 Å². The zero-order valence-electron chi connectivity index (χ0n) is 13.3. The summed E-state index contributed by atoms with van der Waals surface area (Å²) < 4.78 is 44.3. The molecule has 2 N–H and O–H groups in total. The van der Waals surface area contributed by atoms with Crippen LogP contribution in [0.3, 0.4) is 0 Å². The van der Waals surface area contributed by atoms with Gasteiger partial charge in [0.15, 0.2) is 0 Å². The van der Waals surface area contributed by atoms with Gasteiger partial charge in [0, 0.05) is 0 Å². The number of nitrogens with one attached hydrogen (secondary N) is 2. The van der Waals surface area contributed by atoms with Crippen LogP contribution in [-0.2, 0) is 6.18 Å². The van der Waals surface area contributed by atoms with E-state index in [2.05, 4.69) is 10.9 Å². The molecule has 2 rings (SSSR count). The summed E-state index contributed by atoms with van der Waals surface area (Å²) in [6.45, 7) is 0. The van der Waals surface area contributed by atoms with Gasteiger partial charge in [0.1, 0.15) is 5.75 Å². The molecule has 0 saturated carbocycles. The SMILES string of the molecule is COc1cc(C#N)ccc1C(=O)NNc1ccc(C#N)cc1C(F)(F)F. The lowest BCUT2D eigenvalue weighted by atomic mass is 10.1. The smallest absolute Gasteiger partial charge is 0.418 e. The number of methoxy groups -OCH3 is 1. The van der Waals surface area contributed by atoms with Crippen molar-refractivity contribution in [1.29, 1.82) is 10.5 Å². The predicted molar refractivity (Wildman–Crippen MR) is 85.0 cm³/mol. The minimum atomic E-state index is -4.72. The number of anilines is 1. The second kappa shape index (κ2) is 7.45. The molecule has 0 bridgehead atoms. The van der Waals surface area contributed by atoms with E-state index in [1.54, 1.807) is 6.07 Å². The van der Waals surface area contributed by atoms with Crippen LogP contribution in [0.4, 0.5) is 18.9 Å². The highest BCUT2D eigenvalue weighted by atomic mass is 19.4. The number of hydrazine groups is 1. The summed E-state index contributed by atoms with van der Waals surface area (Å²) in [7, 11) is 1.29. The molecule has 132 valence electrons. The molecule has 0 fully saturated rings. The van der Waals surface area contributed by atoms with E-state index in [-0.39, 0.29) is 22.4 Å². The van der Waals surface area contributed by atoms with Crippen molar-refractivity contribution in [1.82, 2.24) is 5.43 Å². The molecule has 0 saturated heterocycles. The van der Waals surface area contributed by atoms with Crippen molar-refractivity contribution in [3.63, 3.8) is 0 Å². The maximum Gasteiger partial charge on any atom is 0.418 e. The summed E-state index contributed by atoms with van der Waals surface area (Å²) in [6, 6.07) is 10.4. The number of alkyl halides is 3. The van der Waals surface area contributed by atoms with Crippen LogP contribution in [0.5, 0.6) is 5.75 Å². The van der Waals surface area contributed by atoms with Crippen molar-refractivity contribution < 1.29 is 22.7 Å². The number of nitrogens with zero attached hydrogens (tertiary/aromatic N) is 2. The van der Waals surface area contributed by atoms with E-state index in [1.807, 2.05) is 6.07 Å². The number of benzene rings is 2. The van der Waals surface area contributed by atoms with Gasteiger partial charge in [0.05, 0.1) is 47.2 Å². The standard InChI is InChI=1S/C17H11F3N4O2/c1-26-15-7-11(9-22)2-4-12(15)16(25)24-23-14-5-3-10(8-21)6-13(14)17(18,19)20/h2-7,23H,1H3,(H,24,25). The fourth-order valence-electron chi connectivity index (χ4n) is 2.10. The lowest BCUT2D eigenvalue weighted by Crippen LogP contribution is -2.31. The Hall–Kier alpha value is -3.72. The van der Waals surface area contributed by atoms with Crippen LogP contribution >= 0.6 is 0 Å². The normalized spacial score (nSPS) is 10.4. The first-order valence-corrected chi connectivity index (χ1v) is 7.06. The molecule has 0 unspecified atom stereocenters. The Bertz CT molecular complexity index is 927. The highest BCUT2D eigenvalue weighted by molar-refractivity contribution is 5.97. The number of hydrogen-bond donors (Lipinski definition) is 2. The monoisotopic (exact) mass is 360 g/mol. The number of carbonyl (C=O) groups excluding carboxylic acids is 1. The van der Waals surface area contributed by atoms with Crippen molar-refractivity contribution in [3.8, 4) is 17.9 Å². The van der Waals surface area contributed by atoms with E-state index < -0.39 is 23.3 Å². The second-order valence-corrected chi connectivity index (χ2v) is 4.98. The minimum Gasteiger partial charge on any atom is -0.496 e. The Morgan fingerprint density at radius 1 is 1.08 bits per heavy atom. The van der Waals surface area contributed by atoms with E-state index in [9.17, 15) is 18.0 Å². The number of hydrogen-bond acceptors (Lipinski definition) is 5. The number of rotatable bonds is 4. The number of halogens is 3. The average molecular weight is 360 g/mol. The Balaban J connectivity index is 2.26. The third kappa shape index (κ3) is 4.02. The highest BCUT2D eigenvalue weighted by Crippen LogP contribution is 2.35. The molecular formula is C17H11F3N4O2. The van der Waals surface area contributed by atoms with Gasteiger partial charge >= 0.3 is 6.18 Å². The Morgan fingerprint density at radius 3 is 2.27 bits per heavy atom. The van der Waals surface area contributed by atoms with Crippen molar-refractivity contribution in [2.75, 3.05) is 12.5 Å². The van der Waals surface area contributed by atoms with Crippen molar-refractivity contribution in [2.45, 2.75) is 6.18 Å². The maximum atomic E-state index is 13.1. The number of ether oxygens (including phenoxy) is 1. The fraction of sp³-hybridized carbons (Fsp3) is 0.118. The summed E-state index contributed by atoms with van der Waals surface area (Å²) >= 11 is 0. The van der Waals surface area contributed by atoms with E-state index in [0.717, 1.165) is 6.07 Å². The van der Waals surface area contributed by atoms with E-state index >= 15 is 0 Å². The topological polar surface area (TPSA) is 97.9 Å². The summed E-state index contributed by atoms with van der Waals surface area (Å²) in [4.78, 5) is 12.2. The van der Waals surface area contributed by atoms with Gasteiger partial charge in [0.25, 0.3) is 5.91 Å². The van der Waals surface area contributed by atoms with Crippen LogP contribution in [0.1, 0.15) is 27.0 Å². The number of nitriles is 2. The summed E-state index contributed by atoms with van der Waals surface area (Å²) in [6.07, 6.45) is -4.72. The van der Waals surface area contributed by atoms with Crippen LogP contribution in [-0.4, -0.2) is 13.0 Å². The molecule has 0 aromatic heterocycles. The molecule has 26 heavy (non-hydrogen) atoms. The van der Waals surface area contributed by atoms with Gasteiger partial charge in [-0.3, -0.25) is 15.6 Å². The van der Waals surface area contributed by atoms with Gasteiger partial charge in [-0.25, -0.2) is 0 Å². The molecule has 0 aliphatic heterocycles. The minimum absolute atomic E-state index is 0.0289. The van der Waals surface area contributed by atoms with Gasteiger partial charge in [-0.15, -0.1) is 0 Å². The summed E-state index contributed by atoms with van der Waals surface area (Å²) in [5, 5.41) is 17.6. The highest BCUT2D eigenvalue weighted by Gasteiger charge is 2.34. The van der Waals surface area contributed by atoms with Crippen molar-refractivity contribution >= 4 is 11.6 Å². The summed E-state index contributed by atoms with van der Waals surface area (Å²) in [5.41, 5.74) is 2.96. The predicted octanol–water partition coefficient (Wildman–Crippen LogP) is 3.21. The third-order valence-corrected chi connectivity index (χ3v) is 3.34. The van der Waals surface area contributed by atoms with Gasteiger partial charge in [-0.05, 0) is 36.4 Å². The van der Waals surface area contributed by atoms with Crippen LogP contribution in [0, 0.1) is 22.7 Å². The quantitative estimate of drug-likeness (QED) is 0.816. The maximum absolute atomic E-state index is 13.1. The molecule has 0 aliphatic carbocycles. The van der Waals surface area contributed by atoms with Crippen molar-refractivity contribution in [3.05, 3.63) is 58.7 Å². The van der Waals surface area contributed by atoms with E-state index in [4.69, 9.17) is 15.3 Å². The van der Waals surface area contributed by atoms with Gasteiger partial charge in [0.2, 0.25) is 0 Å². The molecule has 2 aromatic rings. The molecule has 6 nitrogen and oxygen atoms in total. The van der Waals surface area contributed by atoms with Gasteiger partial charge in [-0.2, -0.15) is 23.7 Å². The molecule has 9 heteroatoms. The summed E-state index contributed by atoms with van der Waals surface area (Å²) in [5.74, 6) is -0.664. The Morgan fingerprint density at radius 2 is 1.69 bits per heavy atom. The van der Waals surface area contributed by atoms with E-state index in [0.29, 0.717) is 6.07 Å². The van der Waals surface area contributed by atoms with Crippen molar-refractivity contribution in [2.24, 2.45) is 0 Å². The number of amides is 1. The van der Waals surface area contributed by atoms with Crippen LogP contribution in [0.15, 0.2) is 36.4 Å². The zero-order valence-corrected chi connectivity index (χ0v) is 13.3.